The van der Waals surface area contributed by atoms with Gasteiger partial charge in [-0.05, 0) is 36.6 Å². The molecule has 0 saturated heterocycles. The number of nitrogens with zero attached hydrogens (tertiary/aromatic N) is 1. The van der Waals surface area contributed by atoms with Crippen molar-refractivity contribution in [3.63, 3.8) is 0 Å². The van der Waals surface area contributed by atoms with Gasteiger partial charge < -0.3 is 5.43 Å². The maximum absolute atomic E-state index is 5.48. The number of nitrogen functional groups attached to an aromatic ring is 1. The van der Waals surface area contributed by atoms with Crippen molar-refractivity contribution < 1.29 is 0 Å². The number of hydrazine groups is 1. The molecular formula is C12H14BrN3. The number of aryl methyl sites for hydroxylation is 2. The van der Waals surface area contributed by atoms with Gasteiger partial charge in [-0.1, -0.05) is 28.9 Å². The van der Waals surface area contributed by atoms with Gasteiger partial charge in [0.2, 0.25) is 0 Å². The number of hydrogen-bond donors (Lipinski definition) is 2. The molecule has 3 nitrogen and oxygen atoms in total. The van der Waals surface area contributed by atoms with Crippen LogP contribution in [0.5, 0.6) is 0 Å². The average molecular weight is 280 g/mol. The molecule has 0 fully saturated rings. The van der Waals surface area contributed by atoms with Crippen molar-refractivity contribution in [2.24, 2.45) is 5.84 Å². The number of rotatable bonds is 2. The van der Waals surface area contributed by atoms with E-state index in [1.54, 1.807) is 0 Å². The molecule has 84 valence electrons. The molecule has 3 N–H and O–H groups in total. The summed E-state index contributed by atoms with van der Waals surface area (Å²) in [6, 6.07) is 6.23. The highest BCUT2D eigenvalue weighted by Crippen LogP contribution is 2.28. The molecule has 4 heteroatoms. The summed E-state index contributed by atoms with van der Waals surface area (Å²) in [5.41, 5.74) is 5.92. The van der Waals surface area contributed by atoms with Gasteiger partial charge in [0.15, 0.2) is 0 Å². The van der Waals surface area contributed by atoms with E-state index in [9.17, 15) is 0 Å². The number of aromatic nitrogens is 1. The molecular weight excluding hydrogens is 266 g/mol. The Morgan fingerprint density at radius 1 is 1.44 bits per heavy atom. The number of nitrogens with two attached hydrogens (primary N) is 1. The van der Waals surface area contributed by atoms with E-state index in [-0.39, 0.29) is 0 Å². The van der Waals surface area contributed by atoms with Crippen molar-refractivity contribution in [1.82, 2.24) is 4.98 Å². The first-order chi connectivity index (χ1) is 7.67. The molecule has 0 bridgehead atoms. The summed E-state index contributed by atoms with van der Waals surface area (Å²) >= 11 is 3.55. The van der Waals surface area contributed by atoms with Crippen LogP contribution in [0, 0.1) is 6.92 Å². The summed E-state index contributed by atoms with van der Waals surface area (Å²) in [5.74, 6) is 6.24. The minimum atomic E-state index is 0.760. The average Bonchev–Trinajstić information content (AvgIpc) is 2.32. The molecule has 2 aromatic rings. The van der Waals surface area contributed by atoms with E-state index in [0.29, 0.717) is 0 Å². The number of anilines is 1. The zero-order valence-electron chi connectivity index (χ0n) is 9.34. The minimum Gasteiger partial charge on any atom is -0.308 e. The standard InChI is InChI=1S/C12H14BrN3/c1-3-8-6-9-10(13)5-4-7(2)11(9)15-12(8)16-14/h4-6H,3,14H2,1-2H3,(H,15,16). The Labute approximate surface area is 103 Å². The Balaban J connectivity index is 2.82. The predicted octanol–water partition coefficient (Wildman–Crippen LogP) is 3.15. The van der Waals surface area contributed by atoms with Crippen LogP contribution in [0.3, 0.4) is 0 Å². The van der Waals surface area contributed by atoms with Gasteiger partial charge in [-0.3, -0.25) is 0 Å². The molecule has 1 aromatic carbocycles. The Morgan fingerprint density at radius 2 is 2.19 bits per heavy atom. The minimum absolute atomic E-state index is 0.760. The summed E-state index contributed by atoms with van der Waals surface area (Å²) in [4.78, 5) is 4.56. The van der Waals surface area contributed by atoms with Crippen LogP contribution in [0.15, 0.2) is 22.7 Å². The number of nitrogens with one attached hydrogen (secondary N) is 1. The number of benzene rings is 1. The first-order valence-corrected chi connectivity index (χ1v) is 6.02. The van der Waals surface area contributed by atoms with E-state index in [2.05, 4.69) is 39.3 Å². The highest BCUT2D eigenvalue weighted by molar-refractivity contribution is 9.10. The smallest absolute Gasteiger partial charge is 0.143 e. The van der Waals surface area contributed by atoms with E-state index in [4.69, 9.17) is 5.84 Å². The summed E-state index contributed by atoms with van der Waals surface area (Å²) < 4.78 is 1.07. The van der Waals surface area contributed by atoms with Crippen LogP contribution in [0.2, 0.25) is 0 Å². The fraction of sp³-hybridized carbons (Fsp3) is 0.250. The number of hydrogen-bond acceptors (Lipinski definition) is 3. The summed E-state index contributed by atoms with van der Waals surface area (Å²) in [5, 5.41) is 1.14. The normalized spacial score (nSPS) is 10.8. The quantitative estimate of drug-likeness (QED) is 0.656. The monoisotopic (exact) mass is 279 g/mol. The number of fused-ring (bicyclic) bond motifs is 1. The van der Waals surface area contributed by atoms with E-state index in [1.165, 1.54) is 0 Å². The highest BCUT2D eigenvalue weighted by atomic mass is 79.9. The van der Waals surface area contributed by atoms with Crippen LogP contribution >= 0.6 is 15.9 Å². The second-order valence-corrected chi connectivity index (χ2v) is 4.61. The van der Waals surface area contributed by atoms with Crippen molar-refractivity contribution in [2.75, 3.05) is 5.43 Å². The van der Waals surface area contributed by atoms with Crippen LogP contribution in [-0.4, -0.2) is 4.98 Å². The van der Waals surface area contributed by atoms with Crippen molar-refractivity contribution >= 4 is 32.7 Å². The molecule has 0 amide bonds. The third kappa shape index (κ3) is 1.79. The molecule has 1 heterocycles. The molecule has 0 atom stereocenters. The van der Waals surface area contributed by atoms with Gasteiger partial charge in [0.25, 0.3) is 0 Å². The Hall–Kier alpha value is -1.13. The third-order valence-electron chi connectivity index (χ3n) is 2.73. The lowest BCUT2D eigenvalue weighted by atomic mass is 10.1. The van der Waals surface area contributed by atoms with Gasteiger partial charge >= 0.3 is 0 Å². The number of pyridine rings is 1. The molecule has 0 radical (unpaired) electrons. The van der Waals surface area contributed by atoms with Crippen LogP contribution in [0.1, 0.15) is 18.1 Å². The van der Waals surface area contributed by atoms with Gasteiger partial charge in [0.1, 0.15) is 5.82 Å². The second-order valence-electron chi connectivity index (χ2n) is 3.75. The van der Waals surface area contributed by atoms with E-state index in [1.807, 2.05) is 19.1 Å². The summed E-state index contributed by atoms with van der Waals surface area (Å²) in [6.45, 7) is 4.14. The largest absolute Gasteiger partial charge is 0.308 e. The molecule has 0 spiro atoms. The second kappa shape index (κ2) is 4.39. The lowest BCUT2D eigenvalue weighted by Crippen LogP contribution is -2.11. The predicted molar refractivity (Wildman–Crippen MR) is 71.4 cm³/mol. The van der Waals surface area contributed by atoms with Crippen molar-refractivity contribution in [3.8, 4) is 0 Å². The molecule has 0 aliphatic carbocycles. The maximum Gasteiger partial charge on any atom is 0.143 e. The van der Waals surface area contributed by atoms with E-state index in [0.717, 1.165) is 38.7 Å². The first-order valence-electron chi connectivity index (χ1n) is 5.22. The topological polar surface area (TPSA) is 50.9 Å². The fourth-order valence-electron chi connectivity index (χ4n) is 1.80. The zero-order chi connectivity index (χ0) is 11.7. The van der Waals surface area contributed by atoms with Gasteiger partial charge in [-0.2, -0.15) is 0 Å². The van der Waals surface area contributed by atoms with E-state index < -0.39 is 0 Å². The van der Waals surface area contributed by atoms with Crippen LogP contribution < -0.4 is 11.3 Å². The molecule has 0 aliphatic rings. The van der Waals surface area contributed by atoms with Crippen molar-refractivity contribution in [1.29, 1.82) is 0 Å². The van der Waals surface area contributed by atoms with E-state index >= 15 is 0 Å². The summed E-state index contributed by atoms with van der Waals surface area (Å²) in [7, 11) is 0. The maximum atomic E-state index is 5.48. The van der Waals surface area contributed by atoms with Gasteiger partial charge in [-0.25, -0.2) is 10.8 Å². The van der Waals surface area contributed by atoms with Gasteiger partial charge in [0, 0.05) is 9.86 Å². The first kappa shape index (κ1) is 11.4. The van der Waals surface area contributed by atoms with Crippen LogP contribution in [0.25, 0.3) is 10.9 Å². The van der Waals surface area contributed by atoms with Gasteiger partial charge in [0.05, 0.1) is 5.52 Å². The Morgan fingerprint density at radius 3 is 2.81 bits per heavy atom. The Bertz CT molecular complexity index is 489. The molecule has 0 aliphatic heterocycles. The molecule has 2 rings (SSSR count). The fourth-order valence-corrected chi connectivity index (χ4v) is 2.23. The molecule has 1 aromatic heterocycles. The number of halogens is 1. The van der Waals surface area contributed by atoms with Crippen molar-refractivity contribution in [3.05, 3.63) is 33.8 Å². The highest BCUT2D eigenvalue weighted by Gasteiger charge is 2.08. The molecule has 0 unspecified atom stereocenters. The summed E-state index contributed by atoms with van der Waals surface area (Å²) in [6.07, 6.45) is 0.906. The third-order valence-corrected chi connectivity index (χ3v) is 3.42. The Kier molecular flexibility index (Phi) is 3.12. The zero-order valence-corrected chi connectivity index (χ0v) is 10.9. The van der Waals surface area contributed by atoms with Crippen LogP contribution in [0.4, 0.5) is 5.82 Å². The lowest BCUT2D eigenvalue weighted by Gasteiger charge is -2.10. The lowest BCUT2D eigenvalue weighted by molar-refractivity contribution is 1.10. The molecule has 0 saturated carbocycles. The van der Waals surface area contributed by atoms with Crippen LogP contribution in [-0.2, 0) is 6.42 Å². The SMILES string of the molecule is CCc1cc2c(Br)ccc(C)c2nc1NN. The van der Waals surface area contributed by atoms with Gasteiger partial charge in [-0.15, -0.1) is 0 Å². The molecule has 16 heavy (non-hydrogen) atoms. The van der Waals surface area contributed by atoms with Crippen molar-refractivity contribution in [2.45, 2.75) is 20.3 Å².